The topological polar surface area (TPSA) is 86.8 Å². The first-order chi connectivity index (χ1) is 22.0. The zero-order valence-corrected chi connectivity index (χ0v) is 29.3. The van der Waals surface area contributed by atoms with Crippen LogP contribution in [0, 0.1) is 20.8 Å². The van der Waals surface area contributed by atoms with Crippen LogP contribution in [0.3, 0.4) is 0 Å². The fourth-order valence-electron chi connectivity index (χ4n) is 5.23. The molecule has 0 bridgehead atoms. The van der Waals surface area contributed by atoms with Gasteiger partial charge in [-0.15, -0.1) is 0 Å². The molecule has 0 spiro atoms. The minimum absolute atomic E-state index is 0.0866. The lowest BCUT2D eigenvalue weighted by molar-refractivity contribution is -0.140. The fraction of sp³-hybridized carbons (Fsp3) is 0.297. The molecule has 0 aliphatic heterocycles. The van der Waals surface area contributed by atoms with E-state index in [0.29, 0.717) is 17.8 Å². The van der Waals surface area contributed by atoms with E-state index in [2.05, 4.69) is 21.2 Å². The summed E-state index contributed by atoms with van der Waals surface area (Å²) in [4.78, 5) is 30.1. The van der Waals surface area contributed by atoms with Gasteiger partial charge in [-0.05, 0) is 79.8 Å². The number of unbranched alkanes of at least 4 members (excludes halogenated alkanes) is 1. The number of anilines is 1. The van der Waals surface area contributed by atoms with E-state index < -0.39 is 28.5 Å². The number of benzene rings is 4. The lowest BCUT2D eigenvalue weighted by Gasteiger charge is -2.34. The summed E-state index contributed by atoms with van der Waals surface area (Å²) < 4.78 is 30.6. The number of hydrogen-bond acceptors (Lipinski definition) is 4. The molecule has 4 aromatic rings. The minimum atomic E-state index is -4.16. The normalized spacial score (nSPS) is 11.9. The van der Waals surface area contributed by atoms with E-state index in [9.17, 15) is 18.0 Å². The molecule has 46 heavy (non-hydrogen) atoms. The number of carbonyl (C=O) groups excluding carboxylic acids is 2. The lowest BCUT2D eigenvalue weighted by atomic mass is 10.0. The summed E-state index contributed by atoms with van der Waals surface area (Å²) in [5, 5.41) is 3.03. The molecule has 0 saturated carbocycles. The van der Waals surface area contributed by atoms with Crippen molar-refractivity contribution in [2.24, 2.45) is 0 Å². The molecule has 4 aromatic carbocycles. The number of rotatable bonds is 14. The van der Waals surface area contributed by atoms with Crippen molar-refractivity contribution < 1.29 is 18.0 Å². The first kappa shape index (κ1) is 34.9. The number of hydrogen-bond donors (Lipinski definition) is 1. The molecule has 0 aliphatic rings. The molecule has 0 fully saturated rings. The maximum absolute atomic E-state index is 14.6. The summed E-state index contributed by atoms with van der Waals surface area (Å²) in [6.07, 6.45) is 1.98. The highest BCUT2D eigenvalue weighted by molar-refractivity contribution is 9.10. The Balaban J connectivity index is 1.82. The monoisotopic (exact) mass is 703 g/mol. The Bertz CT molecular complexity index is 1740. The summed E-state index contributed by atoms with van der Waals surface area (Å²) in [5.41, 5.74) is 4.62. The molecule has 4 rings (SSSR count). The predicted octanol–water partition coefficient (Wildman–Crippen LogP) is 7.13. The Morgan fingerprint density at radius 3 is 2.17 bits per heavy atom. The van der Waals surface area contributed by atoms with Crippen molar-refractivity contribution in [3.05, 3.63) is 129 Å². The largest absolute Gasteiger partial charge is 0.354 e. The number of nitrogens with zero attached hydrogens (tertiary/aromatic N) is 2. The molecular formula is C37H42BrN3O4S. The van der Waals surface area contributed by atoms with Gasteiger partial charge in [-0.25, -0.2) is 8.42 Å². The van der Waals surface area contributed by atoms with Crippen LogP contribution in [0.25, 0.3) is 0 Å². The Morgan fingerprint density at radius 1 is 0.826 bits per heavy atom. The van der Waals surface area contributed by atoms with E-state index >= 15 is 0 Å². The fourth-order valence-corrected chi connectivity index (χ4v) is 7.15. The summed E-state index contributed by atoms with van der Waals surface area (Å²) in [5.74, 6) is -0.761. The molecular weight excluding hydrogens is 662 g/mol. The third-order valence-electron chi connectivity index (χ3n) is 7.86. The van der Waals surface area contributed by atoms with Gasteiger partial charge in [0.2, 0.25) is 11.8 Å². The van der Waals surface area contributed by atoms with Gasteiger partial charge < -0.3 is 10.2 Å². The lowest BCUT2D eigenvalue weighted by Crippen LogP contribution is -2.53. The van der Waals surface area contributed by atoms with E-state index in [0.717, 1.165) is 39.6 Å². The average Bonchev–Trinajstić information content (AvgIpc) is 3.03. The van der Waals surface area contributed by atoms with Gasteiger partial charge >= 0.3 is 0 Å². The summed E-state index contributed by atoms with van der Waals surface area (Å²) in [6, 6.07) is 28.4. The van der Waals surface area contributed by atoms with Crippen molar-refractivity contribution in [3.63, 3.8) is 0 Å². The average molecular weight is 705 g/mol. The standard InChI is InChI=1S/C37H42BrN3O4S/c1-5-6-21-39-37(43)35(24-30-11-8-7-9-12-30)40(25-31-13-10-14-32(38)23-31)36(42)26-41(34-22-28(3)15-18-29(34)4)46(44,45)33-19-16-27(2)17-20-33/h7-20,22-23,35H,5-6,21,24-26H2,1-4H3,(H,39,43)/t35-/m1/s1. The molecule has 2 amide bonds. The van der Waals surface area contributed by atoms with Crippen LogP contribution in [-0.4, -0.2) is 44.3 Å². The van der Waals surface area contributed by atoms with Gasteiger partial charge in [0, 0.05) is 24.0 Å². The van der Waals surface area contributed by atoms with Crippen LogP contribution >= 0.6 is 15.9 Å². The maximum atomic E-state index is 14.6. The highest BCUT2D eigenvalue weighted by atomic mass is 79.9. The molecule has 7 nitrogen and oxygen atoms in total. The maximum Gasteiger partial charge on any atom is 0.264 e. The number of sulfonamides is 1. The van der Waals surface area contributed by atoms with Crippen molar-refractivity contribution in [2.45, 2.75) is 64.4 Å². The first-order valence-corrected chi connectivity index (χ1v) is 17.7. The summed E-state index contributed by atoms with van der Waals surface area (Å²) >= 11 is 3.52. The molecule has 0 aliphatic carbocycles. The number of carbonyl (C=O) groups is 2. The summed E-state index contributed by atoms with van der Waals surface area (Å²) in [7, 11) is -4.16. The van der Waals surface area contributed by atoms with Gasteiger partial charge in [0.1, 0.15) is 12.6 Å². The van der Waals surface area contributed by atoms with Crippen LogP contribution in [0.15, 0.2) is 106 Å². The van der Waals surface area contributed by atoms with Crippen molar-refractivity contribution in [1.82, 2.24) is 10.2 Å². The Hall–Kier alpha value is -3.95. The Labute approximate surface area is 281 Å². The summed E-state index contributed by atoms with van der Waals surface area (Å²) in [6.45, 7) is 7.76. The Morgan fingerprint density at radius 2 is 1.50 bits per heavy atom. The molecule has 1 atom stereocenters. The van der Waals surface area contributed by atoms with E-state index in [1.807, 2.05) is 94.4 Å². The SMILES string of the molecule is CCCCNC(=O)[C@@H](Cc1ccccc1)N(Cc1cccc(Br)c1)C(=O)CN(c1cc(C)ccc1C)S(=O)(=O)c1ccc(C)cc1. The smallest absolute Gasteiger partial charge is 0.264 e. The quantitative estimate of drug-likeness (QED) is 0.142. The molecule has 0 saturated heterocycles. The van der Waals surface area contributed by atoms with E-state index in [1.54, 1.807) is 30.3 Å². The second kappa shape index (κ2) is 16.1. The molecule has 0 aromatic heterocycles. The van der Waals surface area contributed by atoms with Crippen molar-refractivity contribution in [3.8, 4) is 0 Å². The number of halogens is 1. The molecule has 242 valence electrons. The predicted molar refractivity (Wildman–Crippen MR) is 188 cm³/mol. The van der Waals surface area contributed by atoms with E-state index in [4.69, 9.17) is 0 Å². The first-order valence-electron chi connectivity index (χ1n) is 15.5. The molecule has 0 radical (unpaired) electrons. The van der Waals surface area contributed by atoms with Gasteiger partial charge in [-0.3, -0.25) is 13.9 Å². The number of nitrogens with one attached hydrogen (secondary N) is 1. The van der Waals surface area contributed by atoms with Gasteiger partial charge in [0.15, 0.2) is 0 Å². The molecule has 1 N–H and O–H groups in total. The van der Waals surface area contributed by atoms with Gasteiger partial charge in [-0.1, -0.05) is 102 Å². The van der Waals surface area contributed by atoms with E-state index in [1.165, 1.54) is 9.21 Å². The highest BCUT2D eigenvalue weighted by Gasteiger charge is 2.35. The van der Waals surface area contributed by atoms with Gasteiger partial charge in [-0.2, -0.15) is 0 Å². The second-order valence-electron chi connectivity index (χ2n) is 11.6. The Kier molecular flexibility index (Phi) is 12.2. The third kappa shape index (κ3) is 9.07. The number of aryl methyl sites for hydroxylation is 3. The van der Waals surface area contributed by atoms with Gasteiger partial charge in [0.25, 0.3) is 10.0 Å². The van der Waals surface area contributed by atoms with Crippen molar-refractivity contribution in [2.75, 3.05) is 17.4 Å². The van der Waals surface area contributed by atoms with Crippen LogP contribution in [0.4, 0.5) is 5.69 Å². The highest BCUT2D eigenvalue weighted by Crippen LogP contribution is 2.29. The minimum Gasteiger partial charge on any atom is -0.354 e. The van der Waals surface area contributed by atoms with E-state index in [-0.39, 0.29) is 23.8 Å². The number of amides is 2. The van der Waals surface area contributed by atoms with Crippen LogP contribution < -0.4 is 9.62 Å². The van der Waals surface area contributed by atoms with Gasteiger partial charge in [0.05, 0.1) is 10.6 Å². The molecule has 0 unspecified atom stereocenters. The molecule has 9 heteroatoms. The van der Waals surface area contributed by atoms with Crippen LogP contribution in [0.1, 0.15) is 47.6 Å². The van der Waals surface area contributed by atoms with Crippen LogP contribution in [-0.2, 0) is 32.6 Å². The van der Waals surface area contributed by atoms with Crippen molar-refractivity contribution in [1.29, 1.82) is 0 Å². The van der Waals surface area contributed by atoms with Crippen molar-refractivity contribution >= 4 is 43.5 Å². The van der Waals surface area contributed by atoms with Crippen LogP contribution in [0.2, 0.25) is 0 Å². The zero-order chi connectivity index (χ0) is 33.3. The second-order valence-corrected chi connectivity index (χ2v) is 14.4. The molecule has 0 heterocycles. The zero-order valence-electron chi connectivity index (χ0n) is 26.9. The third-order valence-corrected chi connectivity index (χ3v) is 10.1. The van der Waals surface area contributed by atoms with Crippen LogP contribution in [0.5, 0.6) is 0 Å².